The van der Waals surface area contributed by atoms with Crippen molar-refractivity contribution in [3.05, 3.63) is 12.7 Å². The first kappa shape index (κ1) is 11.6. The fraction of sp³-hybridized carbons (Fsp3) is 0.600. The Bertz CT molecular complexity index is 404. The van der Waals surface area contributed by atoms with Gasteiger partial charge in [0.05, 0.1) is 6.54 Å². The normalized spacial score (nSPS) is 19.5. The van der Waals surface area contributed by atoms with E-state index in [-0.39, 0.29) is 12.3 Å². The van der Waals surface area contributed by atoms with Crippen LogP contribution in [-0.2, 0) is 16.1 Å². The van der Waals surface area contributed by atoms with Crippen LogP contribution >= 0.6 is 0 Å². The molecule has 0 aliphatic carbocycles. The molecular formula is C10H14N4O3. The van der Waals surface area contributed by atoms with Gasteiger partial charge in [0, 0.05) is 13.0 Å². The summed E-state index contributed by atoms with van der Waals surface area (Å²) in [6, 6.07) is -0.654. The quantitative estimate of drug-likeness (QED) is 0.781. The number of aromatic nitrogens is 3. The number of aliphatic carboxylic acids is 1. The number of hydrogen-bond acceptors (Lipinski definition) is 4. The Balaban J connectivity index is 1.89. The third-order valence-corrected chi connectivity index (χ3v) is 2.88. The lowest BCUT2D eigenvalue weighted by Crippen LogP contribution is -2.40. The summed E-state index contributed by atoms with van der Waals surface area (Å²) in [7, 11) is 0. The molecule has 1 fully saturated rings. The van der Waals surface area contributed by atoms with Gasteiger partial charge in [0.2, 0.25) is 5.91 Å². The molecule has 0 radical (unpaired) electrons. The topological polar surface area (TPSA) is 88.3 Å². The summed E-state index contributed by atoms with van der Waals surface area (Å²) >= 11 is 0. The lowest BCUT2D eigenvalue weighted by Gasteiger charge is -2.21. The average molecular weight is 238 g/mol. The number of carboxylic acids is 1. The fourth-order valence-electron chi connectivity index (χ4n) is 2.02. The number of likely N-dealkylation sites (tertiary alicyclic amines) is 1. The third kappa shape index (κ3) is 2.61. The fourth-order valence-corrected chi connectivity index (χ4v) is 2.02. The molecule has 2 rings (SSSR count). The molecule has 1 saturated heterocycles. The highest BCUT2D eigenvalue weighted by molar-refractivity contribution is 5.84. The van der Waals surface area contributed by atoms with E-state index in [0.29, 0.717) is 19.5 Å². The van der Waals surface area contributed by atoms with Crippen LogP contribution in [0, 0.1) is 0 Å². The van der Waals surface area contributed by atoms with Crippen molar-refractivity contribution < 1.29 is 14.7 Å². The van der Waals surface area contributed by atoms with Crippen LogP contribution in [0.3, 0.4) is 0 Å². The molecule has 1 aliphatic rings. The lowest BCUT2D eigenvalue weighted by molar-refractivity contribution is -0.148. The number of aryl methyl sites for hydroxylation is 1. The summed E-state index contributed by atoms with van der Waals surface area (Å²) in [6.45, 7) is 0.967. The van der Waals surface area contributed by atoms with E-state index in [2.05, 4.69) is 10.1 Å². The number of amides is 1. The molecular weight excluding hydrogens is 224 g/mol. The number of rotatable bonds is 4. The van der Waals surface area contributed by atoms with Gasteiger partial charge < -0.3 is 10.0 Å². The Hall–Kier alpha value is -1.92. The van der Waals surface area contributed by atoms with Crippen molar-refractivity contribution in [3.63, 3.8) is 0 Å². The first-order chi connectivity index (χ1) is 8.18. The Morgan fingerprint density at radius 3 is 2.94 bits per heavy atom. The number of carbonyl (C=O) groups is 2. The predicted molar refractivity (Wildman–Crippen MR) is 57.0 cm³/mol. The SMILES string of the molecule is O=C(O)[C@H]1CCCN1C(=O)CCn1cncn1. The zero-order valence-electron chi connectivity index (χ0n) is 9.32. The zero-order chi connectivity index (χ0) is 12.3. The molecule has 17 heavy (non-hydrogen) atoms. The van der Waals surface area contributed by atoms with Crippen molar-refractivity contribution in [3.8, 4) is 0 Å². The number of carboxylic acid groups (broad SMARTS) is 1. The van der Waals surface area contributed by atoms with Gasteiger partial charge in [-0.05, 0) is 12.8 Å². The van der Waals surface area contributed by atoms with Crippen molar-refractivity contribution in [2.75, 3.05) is 6.54 Å². The van der Waals surface area contributed by atoms with E-state index in [4.69, 9.17) is 5.11 Å². The van der Waals surface area contributed by atoms with Crippen LogP contribution in [-0.4, -0.2) is 49.2 Å². The first-order valence-electron chi connectivity index (χ1n) is 5.53. The molecule has 0 unspecified atom stereocenters. The Labute approximate surface area is 98.0 Å². The highest BCUT2D eigenvalue weighted by atomic mass is 16.4. The second kappa shape index (κ2) is 4.94. The van der Waals surface area contributed by atoms with Gasteiger partial charge >= 0.3 is 5.97 Å². The van der Waals surface area contributed by atoms with Crippen molar-refractivity contribution >= 4 is 11.9 Å². The van der Waals surface area contributed by atoms with E-state index in [0.717, 1.165) is 6.42 Å². The second-order valence-corrected chi connectivity index (χ2v) is 3.99. The molecule has 92 valence electrons. The van der Waals surface area contributed by atoms with Crippen LogP contribution in [0.25, 0.3) is 0 Å². The summed E-state index contributed by atoms with van der Waals surface area (Å²) in [5.74, 6) is -1.05. The number of carbonyl (C=O) groups excluding carboxylic acids is 1. The zero-order valence-corrected chi connectivity index (χ0v) is 9.32. The predicted octanol–water partition coefficient (Wildman–Crippen LogP) is -0.256. The van der Waals surface area contributed by atoms with E-state index in [1.165, 1.54) is 17.6 Å². The molecule has 1 aromatic rings. The molecule has 1 N–H and O–H groups in total. The van der Waals surface area contributed by atoms with Crippen molar-refractivity contribution in [2.45, 2.75) is 31.8 Å². The molecule has 1 aliphatic heterocycles. The van der Waals surface area contributed by atoms with Crippen molar-refractivity contribution in [1.29, 1.82) is 0 Å². The van der Waals surface area contributed by atoms with Gasteiger partial charge in [-0.3, -0.25) is 9.48 Å². The highest BCUT2D eigenvalue weighted by Gasteiger charge is 2.33. The van der Waals surface area contributed by atoms with Gasteiger partial charge in [-0.25, -0.2) is 9.78 Å². The molecule has 2 heterocycles. The lowest BCUT2D eigenvalue weighted by atomic mass is 10.2. The maximum absolute atomic E-state index is 11.9. The third-order valence-electron chi connectivity index (χ3n) is 2.88. The molecule has 0 aromatic carbocycles. The van der Waals surface area contributed by atoms with Crippen molar-refractivity contribution in [1.82, 2.24) is 19.7 Å². The Morgan fingerprint density at radius 2 is 2.29 bits per heavy atom. The molecule has 1 atom stereocenters. The van der Waals surface area contributed by atoms with Crippen LogP contribution in [0.2, 0.25) is 0 Å². The molecule has 0 saturated carbocycles. The summed E-state index contributed by atoms with van der Waals surface area (Å²) < 4.78 is 1.56. The van der Waals surface area contributed by atoms with Gasteiger partial charge in [-0.15, -0.1) is 0 Å². The van der Waals surface area contributed by atoms with E-state index in [9.17, 15) is 9.59 Å². The Morgan fingerprint density at radius 1 is 1.47 bits per heavy atom. The number of hydrogen-bond donors (Lipinski definition) is 1. The summed E-state index contributed by atoms with van der Waals surface area (Å²) in [6.07, 6.45) is 4.50. The van der Waals surface area contributed by atoms with Crippen LogP contribution in [0.4, 0.5) is 0 Å². The van der Waals surface area contributed by atoms with Crippen LogP contribution in [0.15, 0.2) is 12.7 Å². The summed E-state index contributed by atoms with van der Waals surface area (Å²) in [5, 5.41) is 12.9. The smallest absolute Gasteiger partial charge is 0.326 e. The van der Waals surface area contributed by atoms with Crippen LogP contribution < -0.4 is 0 Å². The van der Waals surface area contributed by atoms with Gasteiger partial charge in [-0.1, -0.05) is 0 Å². The average Bonchev–Trinajstić information content (AvgIpc) is 2.96. The van der Waals surface area contributed by atoms with E-state index >= 15 is 0 Å². The standard InChI is InChI=1S/C10H14N4O3/c15-9(3-5-13-7-11-6-12-13)14-4-1-2-8(14)10(16)17/h6-8H,1-5H2,(H,16,17)/t8-/m1/s1. The Kier molecular flexibility index (Phi) is 3.36. The number of nitrogens with zero attached hydrogens (tertiary/aromatic N) is 4. The molecule has 0 spiro atoms. The summed E-state index contributed by atoms with van der Waals surface area (Å²) in [5.41, 5.74) is 0. The van der Waals surface area contributed by atoms with Crippen LogP contribution in [0.5, 0.6) is 0 Å². The van der Waals surface area contributed by atoms with E-state index in [1.807, 2.05) is 0 Å². The monoisotopic (exact) mass is 238 g/mol. The van der Waals surface area contributed by atoms with Gasteiger partial charge in [0.15, 0.2) is 0 Å². The first-order valence-corrected chi connectivity index (χ1v) is 5.53. The maximum atomic E-state index is 11.9. The molecule has 7 heteroatoms. The minimum absolute atomic E-state index is 0.134. The van der Waals surface area contributed by atoms with E-state index < -0.39 is 12.0 Å². The van der Waals surface area contributed by atoms with Crippen LogP contribution in [0.1, 0.15) is 19.3 Å². The van der Waals surface area contributed by atoms with Gasteiger partial charge in [-0.2, -0.15) is 5.10 Å². The molecule has 1 amide bonds. The minimum atomic E-state index is -0.920. The van der Waals surface area contributed by atoms with Gasteiger partial charge in [0.1, 0.15) is 18.7 Å². The molecule has 1 aromatic heterocycles. The van der Waals surface area contributed by atoms with E-state index in [1.54, 1.807) is 4.68 Å². The van der Waals surface area contributed by atoms with Gasteiger partial charge in [0.25, 0.3) is 0 Å². The minimum Gasteiger partial charge on any atom is -0.480 e. The van der Waals surface area contributed by atoms with Crippen molar-refractivity contribution in [2.24, 2.45) is 0 Å². The molecule has 0 bridgehead atoms. The summed E-state index contributed by atoms with van der Waals surface area (Å²) in [4.78, 5) is 28.0. The molecule has 7 nitrogen and oxygen atoms in total. The maximum Gasteiger partial charge on any atom is 0.326 e. The largest absolute Gasteiger partial charge is 0.480 e. The second-order valence-electron chi connectivity index (χ2n) is 3.99. The highest BCUT2D eigenvalue weighted by Crippen LogP contribution is 2.18.